The van der Waals surface area contributed by atoms with Gasteiger partial charge >= 0.3 is 0 Å². The Balaban J connectivity index is 1.98. The quantitative estimate of drug-likeness (QED) is 0.160. The molecule has 0 fully saturated rings. The first-order valence-corrected chi connectivity index (χ1v) is 13.7. The number of rotatable bonds is 10. The van der Waals surface area contributed by atoms with Gasteiger partial charge in [-0.3, -0.25) is 0 Å². The van der Waals surface area contributed by atoms with Crippen LogP contribution in [-0.2, 0) is 0 Å². The van der Waals surface area contributed by atoms with Crippen LogP contribution in [-0.4, -0.2) is 26.2 Å². The highest BCUT2D eigenvalue weighted by molar-refractivity contribution is 6.04. The zero-order chi connectivity index (χ0) is 26.9. The van der Waals surface area contributed by atoms with E-state index in [1.165, 1.54) is 39.2 Å². The van der Waals surface area contributed by atoms with Gasteiger partial charge in [-0.15, -0.1) is 6.42 Å². The van der Waals surface area contributed by atoms with Crippen molar-refractivity contribution in [1.29, 1.82) is 0 Å². The Morgan fingerprint density at radius 1 is 0.500 bits per heavy atom. The minimum atomic E-state index is 0.884. The van der Waals surface area contributed by atoms with E-state index < -0.39 is 0 Å². The summed E-state index contributed by atoms with van der Waals surface area (Å²) in [6.45, 7) is 12.8. The highest BCUT2D eigenvalue weighted by Gasteiger charge is 2.17. The summed E-state index contributed by atoms with van der Waals surface area (Å²) in [5, 5.41) is 0. The van der Waals surface area contributed by atoms with Crippen LogP contribution in [0, 0.1) is 12.3 Å². The highest BCUT2D eigenvalue weighted by atomic mass is 15.1. The van der Waals surface area contributed by atoms with Crippen LogP contribution < -0.4 is 9.80 Å². The standard InChI is InChI=1S/C36H38N2/c1-6-28-16-18-30(19-17-28)35(29-14-12-11-13-15-29)36(31-20-24-33(25-21-31)37(7-2)8-3)32-22-26-34(27-23-32)38(9-4)10-5/h1,11-27H,7-10H2,2-5H3. The average molecular weight is 499 g/mol. The van der Waals surface area contributed by atoms with Crippen molar-refractivity contribution in [2.75, 3.05) is 36.0 Å². The van der Waals surface area contributed by atoms with Crippen molar-refractivity contribution in [1.82, 2.24) is 0 Å². The van der Waals surface area contributed by atoms with Gasteiger partial charge in [-0.1, -0.05) is 72.7 Å². The molecule has 2 heteroatoms. The maximum atomic E-state index is 5.68. The predicted molar refractivity (Wildman–Crippen MR) is 166 cm³/mol. The second kappa shape index (κ2) is 12.8. The van der Waals surface area contributed by atoms with E-state index in [4.69, 9.17) is 6.42 Å². The monoisotopic (exact) mass is 498 g/mol. The largest absolute Gasteiger partial charge is 0.372 e. The van der Waals surface area contributed by atoms with Crippen molar-refractivity contribution >= 4 is 22.5 Å². The van der Waals surface area contributed by atoms with Gasteiger partial charge < -0.3 is 9.80 Å². The summed E-state index contributed by atoms with van der Waals surface area (Å²) in [6, 6.07) is 37.1. The molecule has 0 saturated carbocycles. The molecule has 2 nitrogen and oxygen atoms in total. The maximum Gasteiger partial charge on any atom is 0.0366 e. The molecule has 4 aromatic carbocycles. The van der Waals surface area contributed by atoms with Gasteiger partial charge in [-0.05, 0) is 97.5 Å². The minimum absolute atomic E-state index is 0.884. The number of terminal acetylenes is 1. The molecule has 0 atom stereocenters. The molecule has 4 rings (SSSR count). The van der Waals surface area contributed by atoms with Crippen molar-refractivity contribution in [3.05, 3.63) is 131 Å². The minimum Gasteiger partial charge on any atom is -0.372 e. The van der Waals surface area contributed by atoms with E-state index in [9.17, 15) is 0 Å². The summed E-state index contributed by atoms with van der Waals surface area (Å²) in [5.41, 5.74) is 10.5. The summed E-state index contributed by atoms with van der Waals surface area (Å²) in [6.07, 6.45) is 5.68. The fourth-order valence-corrected chi connectivity index (χ4v) is 5.10. The Morgan fingerprint density at radius 3 is 1.18 bits per heavy atom. The van der Waals surface area contributed by atoms with Gasteiger partial charge in [-0.25, -0.2) is 0 Å². The van der Waals surface area contributed by atoms with Crippen LogP contribution in [0.4, 0.5) is 11.4 Å². The van der Waals surface area contributed by atoms with E-state index >= 15 is 0 Å². The number of anilines is 2. The van der Waals surface area contributed by atoms with Crippen LogP contribution in [0.3, 0.4) is 0 Å². The average Bonchev–Trinajstić information content (AvgIpc) is 2.99. The molecule has 38 heavy (non-hydrogen) atoms. The summed E-state index contributed by atoms with van der Waals surface area (Å²) in [7, 11) is 0. The lowest BCUT2D eigenvalue weighted by atomic mass is 9.85. The van der Waals surface area contributed by atoms with Crippen molar-refractivity contribution in [3.63, 3.8) is 0 Å². The van der Waals surface area contributed by atoms with E-state index in [2.05, 4.69) is 134 Å². The zero-order valence-corrected chi connectivity index (χ0v) is 23.1. The molecule has 0 heterocycles. The van der Waals surface area contributed by atoms with Crippen LogP contribution in [0.1, 0.15) is 55.5 Å². The molecule has 0 aliphatic rings. The fourth-order valence-electron chi connectivity index (χ4n) is 5.10. The van der Waals surface area contributed by atoms with Gasteiger partial charge in [0.05, 0.1) is 0 Å². The van der Waals surface area contributed by atoms with Crippen molar-refractivity contribution < 1.29 is 0 Å². The molecule has 0 N–H and O–H groups in total. The van der Waals surface area contributed by atoms with Crippen LogP contribution in [0.2, 0.25) is 0 Å². The molecule has 0 amide bonds. The number of benzene rings is 4. The third-order valence-corrected chi connectivity index (χ3v) is 7.22. The molecule has 0 unspecified atom stereocenters. The first-order chi connectivity index (χ1) is 18.6. The fraction of sp³-hybridized carbons (Fsp3) is 0.222. The Kier molecular flexibility index (Phi) is 9.07. The molecule has 192 valence electrons. The first kappa shape index (κ1) is 26.8. The molecule has 0 aliphatic carbocycles. The van der Waals surface area contributed by atoms with E-state index in [1.807, 2.05) is 12.1 Å². The third kappa shape index (κ3) is 5.84. The zero-order valence-electron chi connectivity index (χ0n) is 23.1. The second-order valence-electron chi connectivity index (χ2n) is 9.28. The van der Waals surface area contributed by atoms with E-state index in [0.717, 1.165) is 37.3 Å². The van der Waals surface area contributed by atoms with Crippen LogP contribution in [0.25, 0.3) is 11.1 Å². The number of hydrogen-bond acceptors (Lipinski definition) is 2. The normalized spacial score (nSPS) is 10.5. The Hall–Kier alpha value is -4.22. The lowest BCUT2D eigenvalue weighted by molar-refractivity contribution is 0.866. The highest BCUT2D eigenvalue weighted by Crippen LogP contribution is 2.38. The molecular formula is C36H38N2. The van der Waals surface area contributed by atoms with Gasteiger partial charge in [-0.2, -0.15) is 0 Å². The molecule has 0 spiro atoms. The van der Waals surface area contributed by atoms with Crippen LogP contribution >= 0.6 is 0 Å². The first-order valence-electron chi connectivity index (χ1n) is 13.7. The lowest BCUT2D eigenvalue weighted by Crippen LogP contribution is -2.21. The van der Waals surface area contributed by atoms with E-state index in [-0.39, 0.29) is 0 Å². The summed E-state index contributed by atoms with van der Waals surface area (Å²) in [4.78, 5) is 4.76. The smallest absolute Gasteiger partial charge is 0.0366 e. The summed E-state index contributed by atoms with van der Waals surface area (Å²) < 4.78 is 0. The third-order valence-electron chi connectivity index (χ3n) is 7.22. The maximum absolute atomic E-state index is 5.68. The number of nitrogens with zero attached hydrogens (tertiary/aromatic N) is 2. The van der Waals surface area contributed by atoms with Gasteiger partial charge in [0.15, 0.2) is 0 Å². The molecular weight excluding hydrogens is 460 g/mol. The Bertz CT molecular complexity index is 1310. The number of hydrogen-bond donors (Lipinski definition) is 0. The van der Waals surface area contributed by atoms with Crippen molar-refractivity contribution in [3.8, 4) is 12.3 Å². The molecule has 0 bridgehead atoms. The Labute approximate surface area is 229 Å². The van der Waals surface area contributed by atoms with Gasteiger partial charge in [0.2, 0.25) is 0 Å². The topological polar surface area (TPSA) is 6.48 Å². The molecule has 0 radical (unpaired) electrons. The summed E-state index contributed by atoms with van der Waals surface area (Å²) in [5.74, 6) is 2.76. The molecule has 0 aromatic heterocycles. The van der Waals surface area contributed by atoms with Crippen LogP contribution in [0.5, 0.6) is 0 Å². The summed E-state index contributed by atoms with van der Waals surface area (Å²) >= 11 is 0. The van der Waals surface area contributed by atoms with Gasteiger partial charge in [0.1, 0.15) is 0 Å². The molecule has 0 saturated heterocycles. The second-order valence-corrected chi connectivity index (χ2v) is 9.28. The SMILES string of the molecule is C#Cc1ccc(C(=C(c2ccc(N(CC)CC)cc2)c2ccc(N(CC)CC)cc2)c2ccccc2)cc1. The van der Waals surface area contributed by atoms with Gasteiger partial charge in [0, 0.05) is 43.1 Å². The van der Waals surface area contributed by atoms with Crippen molar-refractivity contribution in [2.24, 2.45) is 0 Å². The van der Waals surface area contributed by atoms with Gasteiger partial charge in [0.25, 0.3) is 0 Å². The van der Waals surface area contributed by atoms with E-state index in [0.29, 0.717) is 0 Å². The van der Waals surface area contributed by atoms with Crippen molar-refractivity contribution in [2.45, 2.75) is 27.7 Å². The molecule has 0 aliphatic heterocycles. The Morgan fingerprint density at radius 2 is 0.842 bits per heavy atom. The lowest BCUT2D eigenvalue weighted by Gasteiger charge is -2.23. The van der Waals surface area contributed by atoms with E-state index in [1.54, 1.807) is 0 Å². The predicted octanol–water partition coefficient (Wildman–Crippen LogP) is 8.37. The molecule has 4 aromatic rings. The van der Waals surface area contributed by atoms with Crippen LogP contribution in [0.15, 0.2) is 103 Å².